The van der Waals surface area contributed by atoms with E-state index in [4.69, 9.17) is 5.73 Å². The number of hydrogen-bond acceptors (Lipinski definition) is 4. The van der Waals surface area contributed by atoms with E-state index in [1.54, 1.807) is 0 Å². The lowest BCUT2D eigenvalue weighted by atomic mass is 9.83. The number of nitriles is 1. The molecule has 1 heterocycles. The number of nitrogen functional groups attached to an aromatic ring is 1. The number of carbonyl (C=O) groups is 1. The van der Waals surface area contributed by atoms with E-state index < -0.39 is 0 Å². The van der Waals surface area contributed by atoms with Crippen LogP contribution in [0.4, 0.5) is 5.69 Å². The molecule has 1 saturated carbocycles. The summed E-state index contributed by atoms with van der Waals surface area (Å²) < 4.78 is 0. The Bertz CT molecular complexity index is 1240. The van der Waals surface area contributed by atoms with Gasteiger partial charge in [-0.25, -0.2) is 0 Å². The Labute approximate surface area is 201 Å². The van der Waals surface area contributed by atoms with Crippen LogP contribution in [0.5, 0.6) is 0 Å². The van der Waals surface area contributed by atoms with Crippen LogP contribution in [-0.4, -0.2) is 29.9 Å². The molecule has 1 aliphatic carbocycles. The van der Waals surface area contributed by atoms with Gasteiger partial charge in [-0.3, -0.25) is 9.69 Å². The molecule has 0 atom stereocenters. The first-order valence-electron chi connectivity index (χ1n) is 12.4. The van der Waals surface area contributed by atoms with E-state index in [0.29, 0.717) is 17.2 Å². The van der Waals surface area contributed by atoms with E-state index in [1.807, 2.05) is 42.5 Å². The molecule has 5 heteroatoms. The maximum Gasteiger partial charge on any atom is 0.253 e. The van der Waals surface area contributed by atoms with Crippen molar-refractivity contribution in [2.75, 3.05) is 18.8 Å². The molecule has 0 aromatic heterocycles. The van der Waals surface area contributed by atoms with Crippen LogP contribution in [0.25, 0.3) is 10.8 Å². The summed E-state index contributed by atoms with van der Waals surface area (Å²) in [5.74, 6) is 0.654. The van der Waals surface area contributed by atoms with Crippen LogP contribution in [0.3, 0.4) is 0 Å². The third-order valence-corrected chi connectivity index (χ3v) is 7.62. The third kappa shape index (κ3) is 4.93. The highest BCUT2D eigenvalue weighted by Crippen LogP contribution is 2.29. The Morgan fingerprint density at radius 3 is 2.56 bits per heavy atom. The lowest BCUT2D eigenvalue weighted by molar-refractivity contribution is 0.0920. The number of anilines is 1. The normalized spacial score (nSPS) is 20.4. The third-order valence-electron chi connectivity index (χ3n) is 7.62. The first kappa shape index (κ1) is 22.4. The molecule has 0 bridgehead atoms. The van der Waals surface area contributed by atoms with Gasteiger partial charge in [-0.05, 0) is 97.2 Å². The summed E-state index contributed by atoms with van der Waals surface area (Å²) in [6.07, 6.45) is 6.63. The van der Waals surface area contributed by atoms with Crippen molar-refractivity contribution in [3.05, 3.63) is 76.9 Å². The fourth-order valence-electron chi connectivity index (χ4n) is 5.55. The number of carbonyl (C=O) groups excluding carboxylic acids is 1. The minimum Gasteiger partial charge on any atom is -0.398 e. The summed E-state index contributed by atoms with van der Waals surface area (Å²) in [7, 11) is 0. The average molecular weight is 453 g/mol. The van der Waals surface area contributed by atoms with Gasteiger partial charge in [-0.15, -0.1) is 0 Å². The predicted octanol–water partition coefficient (Wildman–Crippen LogP) is 5.03. The van der Waals surface area contributed by atoms with E-state index in [0.717, 1.165) is 68.1 Å². The van der Waals surface area contributed by atoms with Crippen LogP contribution in [0, 0.1) is 17.2 Å². The lowest BCUT2D eigenvalue weighted by Gasteiger charge is -2.33. The zero-order valence-corrected chi connectivity index (χ0v) is 19.6. The van der Waals surface area contributed by atoms with Crippen molar-refractivity contribution < 1.29 is 4.79 Å². The molecule has 1 amide bonds. The van der Waals surface area contributed by atoms with Crippen LogP contribution in [0.1, 0.15) is 59.2 Å². The topological polar surface area (TPSA) is 82.2 Å². The number of nitrogens with two attached hydrogens (primary N) is 1. The van der Waals surface area contributed by atoms with Gasteiger partial charge in [-0.1, -0.05) is 30.3 Å². The summed E-state index contributed by atoms with van der Waals surface area (Å²) in [5, 5.41) is 14.5. The molecule has 1 aliphatic heterocycles. The van der Waals surface area contributed by atoms with Crippen molar-refractivity contribution in [3.8, 4) is 6.07 Å². The number of nitrogens with one attached hydrogen (secondary N) is 1. The lowest BCUT2D eigenvalue weighted by Crippen LogP contribution is -2.38. The smallest absolute Gasteiger partial charge is 0.253 e. The van der Waals surface area contributed by atoms with Crippen molar-refractivity contribution in [1.29, 1.82) is 5.26 Å². The summed E-state index contributed by atoms with van der Waals surface area (Å²) in [4.78, 5) is 15.4. The molecule has 5 nitrogen and oxygen atoms in total. The van der Waals surface area contributed by atoms with Gasteiger partial charge in [0.05, 0.1) is 17.2 Å². The minimum absolute atomic E-state index is 0.0598. The molecular formula is C29H32N4O. The fraction of sp³-hybridized carbons (Fsp3) is 0.379. The Morgan fingerprint density at radius 1 is 1.03 bits per heavy atom. The van der Waals surface area contributed by atoms with E-state index in [9.17, 15) is 10.1 Å². The van der Waals surface area contributed by atoms with Crippen molar-refractivity contribution >= 4 is 22.4 Å². The Morgan fingerprint density at radius 2 is 1.79 bits per heavy atom. The van der Waals surface area contributed by atoms with Crippen LogP contribution in [-0.2, 0) is 13.0 Å². The maximum atomic E-state index is 12.9. The van der Waals surface area contributed by atoms with Gasteiger partial charge < -0.3 is 11.1 Å². The molecule has 1 fully saturated rings. The molecule has 3 aromatic carbocycles. The van der Waals surface area contributed by atoms with Gasteiger partial charge in [0.2, 0.25) is 0 Å². The largest absolute Gasteiger partial charge is 0.398 e. The molecule has 3 aromatic rings. The molecule has 5 rings (SSSR count). The molecular weight excluding hydrogens is 420 g/mol. The van der Waals surface area contributed by atoms with E-state index in [1.165, 1.54) is 17.5 Å². The number of fused-ring (bicyclic) bond motifs is 2. The molecule has 0 unspecified atom stereocenters. The molecule has 0 radical (unpaired) electrons. The van der Waals surface area contributed by atoms with Gasteiger partial charge in [0.25, 0.3) is 5.91 Å². The Balaban J connectivity index is 1.10. The van der Waals surface area contributed by atoms with Crippen molar-refractivity contribution in [2.24, 2.45) is 5.92 Å². The first-order chi connectivity index (χ1) is 16.6. The van der Waals surface area contributed by atoms with Gasteiger partial charge in [0, 0.05) is 24.8 Å². The van der Waals surface area contributed by atoms with Crippen LogP contribution in [0.2, 0.25) is 0 Å². The molecule has 0 spiro atoms. The van der Waals surface area contributed by atoms with Crippen LogP contribution >= 0.6 is 0 Å². The molecule has 0 saturated heterocycles. The molecule has 34 heavy (non-hydrogen) atoms. The molecule has 3 N–H and O–H groups in total. The highest BCUT2D eigenvalue weighted by atomic mass is 16.1. The Hall–Kier alpha value is -3.36. The Kier molecular flexibility index (Phi) is 6.51. The quantitative estimate of drug-likeness (QED) is 0.532. The minimum atomic E-state index is -0.0598. The number of nitrogens with zero attached hydrogens (tertiary/aromatic N) is 2. The standard InChI is InChI=1S/C29H32N4O/c30-18-21-5-8-22-12-14-33(19-25(22)15-21)13-11-20-6-9-26(10-7-20)32-29(34)27-16-23-3-1-2-4-24(23)17-28(27)31/h1-5,8,15-17,20,26H,6-7,9-14,19,31H2,(H,32,34). The van der Waals surface area contributed by atoms with Crippen LogP contribution < -0.4 is 11.1 Å². The fourth-order valence-corrected chi connectivity index (χ4v) is 5.55. The predicted molar refractivity (Wildman–Crippen MR) is 136 cm³/mol. The van der Waals surface area contributed by atoms with Crippen molar-refractivity contribution in [3.63, 3.8) is 0 Å². The highest BCUT2D eigenvalue weighted by molar-refractivity contribution is 6.04. The van der Waals surface area contributed by atoms with Crippen LogP contribution in [0.15, 0.2) is 54.6 Å². The number of benzene rings is 3. The zero-order chi connectivity index (χ0) is 23.5. The summed E-state index contributed by atoms with van der Waals surface area (Å²) in [6.45, 7) is 3.15. The summed E-state index contributed by atoms with van der Waals surface area (Å²) in [5.41, 5.74) is 10.8. The zero-order valence-electron chi connectivity index (χ0n) is 19.6. The van der Waals surface area contributed by atoms with E-state index in [2.05, 4.69) is 28.4 Å². The second-order valence-electron chi connectivity index (χ2n) is 9.89. The second kappa shape index (κ2) is 9.87. The van der Waals surface area contributed by atoms with Gasteiger partial charge >= 0.3 is 0 Å². The summed E-state index contributed by atoms with van der Waals surface area (Å²) in [6, 6.07) is 20.4. The highest BCUT2D eigenvalue weighted by Gasteiger charge is 2.25. The van der Waals surface area contributed by atoms with E-state index >= 15 is 0 Å². The monoisotopic (exact) mass is 452 g/mol. The SMILES string of the molecule is N#Cc1ccc2c(c1)CN(CCC1CCC(NC(=O)c3cc4ccccc4cc3N)CC1)CC2. The average Bonchev–Trinajstić information content (AvgIpc) is 2.87. The number of rotatable bonds is 5. The van der Waals surface area contributed by atoms with Crippen molar-refractivity contribution in [2.45, 2.75) is 51.1 Å². The van der Waals surface area contributed by atoms with E-state index in [-0.39, 0.29) is 11.9 Å². The number of hydrogen-bond donors (Lipinski definition) is 2. The molecule has 2 aliphatic rings. The molecule has 174 valence electrons. The first-order valence-corrected chi connectivity index (χ1v) is 12.4. The number of amides is 1. The second-order valence-corrected chi connectivity index (χ2v) is 9.89. The van der Waals surface area contributed by atoms with Gasteiger partial charge in [-0.2, -0.15) is 5.26 Å². The van der Waals surface area contributed by atoms with Gasteiger partial charge in [0.15, 0.2) is 0 Å². The van der Waals surface area contributed by atoms with Crippen molar-refractivity contribution in [1.82, 2.24) is 10.2 Å². The summed E-state index contributed by atoms with van der Waals surface area (Å²) >= 11 is 0. The van der Waals surface area contributed by atoms with Gasteiger partial charge in [0.1, 0.15) is 0 Å². The maximum absolute atomic E-state index is 12.9.